The zero-order valence-corrected chi connectivity index (χ0v) is 17.0. The van der Waals surface area contributed by atoms with Crippen LogP contribution >= 0.6 is 0 Å². The van der Waals surface area contributed by atoms with Gasteiger partial charge in [-0.1, -0.05) is 31.2 Å². The van der Waals surface area contributed by atoms with Gasteiger partial charge >= 0.3 is 6.18 Å². The number of alkyl halides is 3. The molecule has 0 N–H and O–H groups in total. The number of fused-ring (bicyclic) bond motifs is 1. The number of aromatic nitrogens is 2. The fourth-order valence-corrected chi connectivity index (χ4v) is 3.86. The lowest BCUT2D eigenvalue weighted by atomic mass is 9.91. The van der Waals surface area contributed by atoms with Crippen LogP contribution in [0.15, 0.2) is 59.4 Å². The van der Waals surface area contributed by atoms with Crippen molar-refractivity contribution in [1.82, 2.24) is 9.78 Å². The minimum atomic E-state index is -4.52. The van der Waals surface area contributed by atoms with Crippen LogP contribution in [-0.2, 0) is 6.18 Å². The molecule has 1 unspecified atom stereocenters. The Kier molecular flexibility index (Phi) is 5.16. The summed E-state index contributed by atoms with van der Waals surface area (Å²) in [5.74, 6) is -0.293. The lowest BCUT2D eigenvalue weighted by Crippen LogP contribution is -2.40. The molecule has 0 bridgehead atoms. The van der Waals surface area contributed by atoms with Gasteiger partial charge in [-0.15, -0.1) is 0 Å². The first-order chi connectivity index (χ1) is 14.7. The van der Waals surface area contributed by atoms with Crippen LogP contribution in [0.5, 0.6) is 0 Å². The largest absolute Gasteiger partial charge is 0.416 e. The van der Waals surface area contributed by atoms with Gasteiger partial charge in [-0.25, -0.2) is 4.68 Å². The summed E-state index contributed by atoms with van der Waals surface area (Å²) < 4.78 is 40.6. The van der Waals surface area contributed by atoms with Crippen molar-refractivity contribution in [2.24, 2.45) is 0 Å². The zero-order chi connectivity index (χ0) is 22.3. The van der Waals surface area contributed by atoms with E-state index in [1.807, 2.05) is 24.3 Å². The molecule has 31 heavy (non-hydrogen) atoms. The van der Waals surface area contributed by atoms with Crippen LogP contribution in [0.2, 0.25) is 0 Å². The van der Waals surface area contributed by atoms with Crippen molar-refractivity contribution in [3.63, 3.8) is 0 Å². The van der Waals surface area contributed by atoms with Crippen molar-refractivity contribution < 1.29 is 18.0 Å². The first-order valence-corrected chi connectivity index (χ1v) is 9.86. The highest BCUT2D eigenvalue weighted by Gasteiger charge is 2.32. The second kappa shape index (κ2) is 7.68. The number of hydrogen-bond donors (Lipinski definition) is 0. The van der Waals surface area contributed by atoms with E-state index in [2.05, 4.69) is 12.0 Å². The standard InChI is InChI=1S/C23H20F3N3O2/c1-14-10-11-28(19-9-4-3-8-18(14)19)22(31)21-20(30)12-15(2)29(27-21)17-7-5-6-16(13-17)23(24,25)26/h3-9,12-14H,10-11H2,1-2H3. The average Bonchev–Trinajstić information content (AvgIpc) is 2.73. The Morgan fingerprint density at radius 2 is 1.84 bits per heavy atom. The van der Waals surface area contributed by atoms with Crippen LogP contribution < -0.4 is 10.3 Å². The molecule has 4 rings (SSSR count). The lowest BCUT2D eigenvalue weighted by molar-refractivity contribution is -0.137. The summed E-state index contributed by atoms with van der Waals surface area (Å²) in [6.45, 7) is 4.06. The number of carbonyl (C=O) groups is 1. The van der Waals surface area contributed by atoms with Crippen LogP contribution in [-0.4, -0.2) is 22.2 Å². The third kappa shape index (κ3) is 3.85. The highest BCUT2D eigenvalue weighted by Crippen LogP contribution is 2.35. The molecule has 2 heterocycles. The van der Waals surface area contributed by atoms with Crippen LogP contribution in [0.3, 0.4) is 0 Å². The Labute approximate surface area is 176 Å². The summed E-state index contributed by atoms with van der Waals surface area (Å²) >= 11 is 0. The Bertz CT molecular complexity index is 1220. The van der Waals surface area contributed by atoms with Gasteiger partial charge in [-0.2, -0.15) is 18.3 Å². The summed E-state index contributed by atoms with van der Waals surface area (Å²) in [6, 6.07) is 13.3. The van der Waals surface area contributed by atoms with Gasteiger partial charge in [-0.05, 0) is 49.1 Å². The van der Waals surface area contributed by atoms with Crippen molar-refractivity contribution in [2.75, 3.05) is 11.4 Å². The fraction of sp³-hybridized carbons (Fsp3) is 0.261. The number of rotatable bonds is 2. The molecular weight excluding hydrogens is 407 g/mol. The van der Waals surface area contributed by atoms with Gasteiger partial charge in [0.05, 0.1) is 11.3 Å². The maximum absolute atomic E-state index is 13.3. The van der Waals surface area contributed by atoms with E-state index in [4.69, 9.17) is 0 Å². The molecule has 0 spiro atoms. The van der Waals surface area contributed by atoms with Gasteiger partial charge in [0, 0.05) is 24.0 Å². The third-order valence-electron chi connectivity index (χ3n) is 5.52. The first kappa shape index (κ1) is 20.8. The maximum Gasteiger partial charge on any atom is 0.416 e. The normalized spacial score (nSPS) is 16.2. The van der Waals surface area contributed by atoms with Gasteiger partial charge in [0.25, 0.3) is 5.91 Å². The van der Waals surface area contributed by atoms with Crippen molar-refractivity contribution >= 4 is 11.6 Å². The molecule has 1 amide bonds. The van der Waals surface area contributed by atoms with Gasteiger partial charge in [0.1, 0.15) is 0 Å². The number of aryl methyl sites for hydroxylation is 1. The van der Waals surface area contributed by atoms with Crippen molar-refractivity contribution in [3.8, 4) is 5.69 Å². The molecule has 2 aromatic carbocycles. The second-order valence-corrected chi connectivity index (χ2v) is 7.66. The summed E-state index contributed by atoms with van der Waals surface area (Å²) in [5.41, 5.74) is 0.444. The average molecular weight is 427 g/mol. The highest BCUT2D eigenvalue weighted by molar-refractivity contribution is 6.05. The Hall–Kier alpha value is -3.42. The molecule has 0 saturated carbocycles. The van der Waals surface area contributed by atoms with Gasteiger partial charge in [0.2, 0.25) is 5.43 Å². The summed E-state index contributed by atoms with van der Waals surface area (Å²) in [4.78, 5) is 27.4. The highest BCUT2D eigenvalue weighted by atomic mass is 19.4. The number of hydrogen-bond acceptors (Lipinski definition) is 3. The van der Waals surface area contributed by atoms with E-state index in [1.54, 1.807) is 6.92 Å². The molecule has 1 aliphatic rings. The molecule has 1 atom stereocenters. The topological polar surface area (TPSA) is 55.2 Å². The monoisotopic (exact) mass is 427 g/mol. The number of carbonyl (C=O) groups excluding carboxylic acids is 1. The van der Waals surface area contributed by atoms with Gasteiger partial charge < -0.3 is 4.90 Å². The third-order valence-corrected chi connectivity index (χ3v) is 5.52. The molecule has 3 aromatic rings. The van der Waals surface area contributed by atoms with E-state index in [9.17, 15) is 22.8 Å². The molecule has 0 radical (unpaired) electrons. The molecule has 1 aromatic heterocycles. The molecule has 0 fully saturated rings. The molecule has 5 nitrogen and oxygen atoms in total. The van der Waals surface area contributed by atoms with E-state index < -0.39 is 23.1 Å². The van der Waals surface area contributed by atoms with Crippen LogP contribution in [0.1, 0.15) is 46.6 Å². The predicted molar refractivity (Wildman–Crippen MR) is 111 cm³/mol. The fourth-order valence-electron chi connectivity index (χ4n) is 3.86. The number of nitrogens with zero attached hydrogens (tertiary/aromatic N) is 3. The summed E-state index contributed by atoms with van der Waals surface area (Å²) in [5, 5.41) is 4.18. The number of anilines is 1. The number of para-hydroxylation sites is 1. The minimum Gasteiger partial charge on any atom is -0.307 e. The molecule has 8 heteroatoms. The van der Waals surface area contributed by atoms with Crippen LogP contribution in [0, 0.1) is 6.92 Å². The van der Waals surface area contributed by atoms with Crippen LogP contribution in [0.25, 0.3) is 5.69 Å². The van der Waals surface area contributed by atoms with Crippen molar-refractivity contribution in [2.45, 2.75) is 32.4 Å². The Balaban J connectivity index is 1.79. The molecule has 1 aliphatic heterocycles. The SMILES string of the molecule is Cc1cc(=O)c(C(=O)N2CCC(C)c3ccccc32)nn1-c1cccc(C(F)(F)F)c1. The first-order valence-electron chi connectivity index (χ1n) is 9.86. The number of halogens is 3. The van der Waals surface area contributed by atoms with E-state index in [0.29, 0.717) is 12.2 Å². The zero-order valence-electron chi connectivity index (χ0n) is 17.0. The number of benzene rings is 2. The Morgan fingerprint density at radius 3 is 2.58 bits per heavy atom. The van der Waals surface area contributed by atoms with E-state index in [1.165, 1.54) is 27.8 Å². The van der Waals surface area contributed by atoms with E-state index in [-0.39, 0.29) is 17.3 Å². The van der Waals surface area contributed by atoms with Gasteiger partial charge in [-0.3, -0.25) is 9.59 Å². The molecule has 160 valence electrons. The maximum atomic E-state index is 13.3. The molecule has 0 saturated heterocycles. The predicted octanol–water partition coefficient (Wildman–Crippen LogP) is 4.71. The Morgan fingerprint density at radius 1 is 1.10 bits per heavy atom. The quantitative estimate of drug-likeness (QED) is 0.595. The summed E-state index contributed by atoms with van der Waals surface area (Å²) in [7, 11) is 0. The van der Waals surface area contributed by atoms with Crippen LogP contribution in [0.4, 0.5) is 18.9 Å². The second-order valence-electron chi connectivity index (χ2n) is 7.66. The van der Waals surface area contributed by atoms with Crippen molar-refractivity contribution in [1.29, 1.82) is 0 Å². The molecular formula is C23H20F3N3O2. The van der Waals surface area contributed by atoms with E-state index in [0.717, 1.165) is 29.8 Å². The minimum absolute atomic E-state index is 0.119. The summed E-state index contributed by atoms with van der Waals surface area (Å²) in [6.07, 6.45) is -3.79. The van der Waals surface area contributed by atoms with Gasteiger partial charge in [0.15, 0.2) is 5.69 Å². The number of amides is 1. The molecule has 0 aliphatic carbocycles. The van der Waals surface area contributed by atoms with E-state index >= 15 is 0 Å². The smallest absolute Gasteiger partial charge is 0.307 e. The lowest BCUT2D eigenvalue weighted by Gasteiger charge is -2.32. The van der Waals surface area contributed by atoms with Crippen molar-refractivity contribution in [3.05, 3.63) is 87.3 Å².